The molecule has 1 aromatic carbocycles. The predicted molar refractivity (Wildman–Crippen MR) is 71.0 cm³/mol. The Kier molecular flexibility index (Phi) is 5.92. The minimum atomic E-state index is -0.956. The van der Waals surface area contributed by atoms with Gasteiger partial charge in [0, 0.05) is 0 Å². The Bertz CT molecular complexity index is 395. The van der Waals surface area contributed by atoms with Crippen molar-refractivity contribution in [1.29, 1.82) is 0 Å². The van der Waals surface area contributed by atoms with Gasteiger partial charge in [-0.15, -0.1) is 0 Å². The summed E-state index contributed by atoms with van der Waals surface area (Å²) in [5.74, 6) is 0.430. The standard InChI is InChI=1S/C11H14I2NO4/c1-16-11(15)9-3-5-10(6-4-9)17-7-2-8-18-13-12-14-13/h3-6,14H,2,7-8H2,1H3/q-1. The summed E-state index contributed by atoms with van der Waals surface area (Å²) in [4.78, 5) is 11.2. The molecule has 7 heteroatoms. The van der Waals surface area contributed by atoms with E-state index in [1.165, 1.54) is 7.11 Å². The number of benzene rings is 1. The van der Waals surface area contributed by atoms with Crippen LogP contribution in [0.5, 0.6) is 5.75 Å². The van der Waals surface area contributed by atoms with E-state index in [2.05, 4.69) is 6.48 Å². The Morgan fingerprint density at radius 3 is 2.67 bits per heavy atom. The fraction of sp³-hybridized carbons (Fsp3) is 0.364. The van der Waals surface area contributed by atoms with Crippen molar-refractivity contribution < 1.29 is 34.8 Å². The molecule has 0 aliphatic carbocycles. The molecule has 102 valence electrons. The molecular weight excluding hydrogens is 464 g/mol. The summed E-state index contributed by atoms with van der Waals surface area (Å²) in [5.41, 5.74) is 0.531. The van der Waals surface area contributed by atoms with Crippen molar-refractivity contribution in [2.45, 2.75) is 6.42 Å². The number of esters is 1. The van der Waals surface area contributed by atoms with Gasteiger partial charge in [0.25, 0.3) is 0 Å². The molecule has 0 atom stereocenters. The van der Waals surface area contributed by atoms with E-state index in [4.69, 9.17) is 7.80 Å². The predicted octanol–water partition coefficient (Wildman–Crippen LogP) is -0.883. The Morgan fingerprint density at radius 2 is 2.06 bits per heavy atom. The molecule has 1 aromatic rings. The van der Waals surface area contributed by atoms with Crippen molar-refractivity contribution in [3.63, 3.8) is 0 Å². The number of nitrogens with one attached hydrogen (secondary N) is 1. The molecule has 0 amide bonds. The second-order valence-corrected chi connectivity index (χ2v) is 16.4. The minimum absolute atomic E-state index is 0.295. The van der Waals surface area contributed by atoms with Gasteiger partial charge in [0.05, 0.1) is 0 Å². The van der Waals surface area contributed by atoms with Crippen LogP contribution in [-0.2, 0) is 7.80 Å². The SMILES string of the molecule is COC(=O)c1ccc(OCCCOI2N[I-]2)cc1. The molecule has 0 aromatic heterocycles. The molecule has 0 spiro atoms. The summed E-state index contributed by atoms with van der Waals surface area (Å²) in [6.07, 6.45) is 0.901. The van der Waals surface area contributed by atoms with Crippen LogP contribution in [0.15, 0.2) is 24.3 Å². The van der Waals surface area contributed by atoms with E-state index in [1.54, 1.807) is 24.3 Å². The second-order valence-electron chi connectivity index (χ2n) is 3.38. The van der Waals surface area contributed by atoms with Gasteiger partial charge in [-0.3, -0.25) is 0 Å². The third kappa shape index (κ3) is 4.86. The maximum absolute atomic E-state index is 11.2. The summed E-state index contributed by atoms with van der Waals surface area (Å²) in [5, 5.41) is 0. The van der Waals surface area contributed by atoms with E-state index >= 15 is 0 Å². The Labute approximate surface area is 120 Å². The summed E-state index contributed by atoms with van der Waals surface area (Å²) < 4.78 is 19.1. The van der Waals surface area contributed by atoms with Crippen molar-refractivity contribution >= 4 is 22.5 Å². The van der Waals surface area contributed by atoms with Gasteiger partial charge in [-0.2, -0.15) is 0 Å². The Balaban J connectivity index is 1.67. The normalized spacial score (nSPS) is 15.7. The zero-order valence-electron chi connectivity index (χ0n) is 9.82. The van der Waals surface area contributed by atoms with Gasteiger partial charge in [-0.25, -0.2) is 0 Å². The molecule has 1 aliphatic rings. The third-order valence-electron chi connectivity index (χ3n) is 2.14. The first-order valence-electron chi connectivity index (χ1n) is 5.34. The molecule has 0 radical (unpaired) electrons. The fourth-order valence-electron chi connectivity index (χ4n) is 1.23. The number of carbonyl (C=O) groups excluding carboxylic acids is 1. The number of carbonyl (C=O) groups is 1. The molecule has 2 rings (SSSR count). The zero-order valence-corrected chi connectivity index (χ0v) is 14.1. The van der Waals surface area contributed by atoms with E-state index in [9.17, 15) is 4.79 Å². The summed E-state index contributed by atoms with van der Waals surface area (Å²) in [7, 11) is 1.37. The molecule has 1 N–H and O–H groups in total. The van der Waals surface area contributed by atoms with Gasteiger partial charge in [0.15, 0.2) is 0 Å². The van der Waals surface area contributed by atoms with Crippen LogP contribution in [0, 0.1) is 0 Å². The third-order valence-corrected chi connectivity index (χ3v) is 10.4. The average molecular weight is 478 g/mol. The number of ether oxygens (including phenoxy) is 2. The van der Waals surface area contributed by atoms with Gasteiger partial charge in [-0.05, 0) is 0 Å². The van der Waals surface area contributed by atoms with Gasteiger partial charge in [-0.1, -0.05) is 0 Å². The molecule has 1 saturated heterocycles. The number of hydrogen-bond acceptors (Lipinski definition) is 5. The van der Waals surface area contributed by atoms with E-state index in [1.807, 2.05) is 0 Å². The summed E-state index contributed by atoms with van der Waals surface area (Å²) >= 11 is -0.661. The Hall–Kier alpha value is -0.130. The number of rotatable bonds is 7. The van der Waals surface area contributed by atoms with Gasteiger partial charge >= 0.3 is 121 Å². The van der Waals surface area contributed by atoms with Crippen LogP contribution in [0.1, 0.15) is 16.8 Å². The maximum atomic E-state index is 11.2. The van der Waals surface area contributed by atoms with Crippen molar-refractivity contribution in [2.75, 3.05) is 20.3 Å². The number of hydrogen-bond donors (Lipinski definition) is 1. The van der Waals surface area contributed by atoms with Crippen LogP contribution >= 0.6 is 16.5 Å². The van der Waals surface area contributed by atoms with Gasteiger partial charge < -0.3 is 0 Å². The van der Waals surface area contributed by atoms with Crippen molar-refractivity contribution in [3.05, 3.63) is 29.8 Å². The first kappa shape index (κ1) is 14.3. The number of halogens is 2. The monoisotopic (exact) mass is 478 g/mol. The molecule has 0 bridgehead atoms. The van der Waals surface area contributed by atoms with Crippen LogP contribution in [0.25, 0.3) is 0 Å². The summed E-state index contributed by atoms with van der Waals surface area (Å²) in [6.45, 7) is 1.43. The second kappa shape index (κ2) is 7.46. The van der Waals surface area contributed by atoms with Crippen molar-refractivity contribution in [3.8, 4) is 5.75 Å². The van der Waals surface area contributed by atoms with Crippen molar-refractivity contribution in [2.24, 2.45) is 0 Å². The quantitative estimate of drug-likeness (QED) is 0.182. The average Bonchev–Trinajstić information content (AvgIpc) is 3.22. The molecular formula is C11H14I2NO4-. The van der Waals surface area contributed by atoms with Crippen molar-refractivity contribution in [1.82, 2.24) is 1.74 Å². The summed E-state index contributed by atoms with van der Waals surface area (Å²) in [6, 6.07) is 6.95. The molecule has 1 aliphatic heterocycles. The fourth-order valence-corrected chi connectivity index (χ4v) is 8.17. The van der Waals surface area contributed by atoms with Crippen LogP contribution in [0.3, 0.4) is 0 Å². The van der Waals surface area contributed by atoms with Crippen LogP contribution in [0.2, 0.25) is 0 Å². The van der Waals surface area contributed by atoms with Crippen LogP contribution < -0.4 is 24.0 Å². The number of methoxy groups -OCH3 is 1. The van der Waals surface area contributed by atoms with Gasteiger partial charge in [0.1, 0.15) is 0 Å². The van der Waals surface area contributed by atoms with E-state index < -0.39 is 16.5 Å². The Morgan fingerprint density at radius 1 is 1.33 bits per heavy atom. The van der Waals surface area contributed by atoms with Crippen LogP contribution in [0.4, 0.5) is 0 Å². The first-order chi connectivity index (χ1) is 8.79. The molecule has 0 unspecified atom stereocenters. The van der Waals surface area contributed by atoms with Crippen LogP contribution in [-0.4, -0.2) is 26.3 Å². The van der Waals surface area contributed by atoms with Gasteiger partial charge in [0.2, 0.25) is 0 Å². The molecule has 1 fully saturated rings. The van der Waals surface area contributed by atoms with E-state index in [0.717, 1.165) is 18.8 Å². The topological polar surface area (TPSA) is 66.7 Å². The zero-order chi connectivity index (χ0) is 12.8. The van der Waals surface area contributed by atoms with E-state index in [0.29, 0.717) is 29.7 Å². The molecule has 1 heterocycles. The first-order valence-corrected chi connectivity index (χ1v) is 14.7. The molecule has 0 saturated carbocycles. The van der Waals surface area contributed by atoms with E-state index in [-0.39, 0.29) is 5.97 Å². The molecule has 18 heavy (non-hydrogen) atoms. The molecule has 5 nitrogen and oxygen atoms in total.